The smallest absolute Gasteiger partial charge is 0.338 e. The maximum atomic E-state index is 14.4. The molecule has 0 fully saturated rings. The first-order valence-corrected chi connectivity index (χ1v) is 15.5. The third kappa shape index (κ3) is 4.79. The molecule has 224 valence electrons. The van der Waals surface area contributed by atoms with E-state index in [4.69, 9.17) is 14.5 Å². The van der Waals surface area contributed by atoms with Gasteiger partial charge in [0.05, 0.1) is 29.5 Å². The Morgan fingerprint density at radius 2 is 1.77 bits per heavy atom. The average molecular weight is 606 g/mol. The van der Waals surface area contributed by atoms with Crippen molar-refractivity contribution in [2.75, 3.05) is 13.7 Å². The van der Waals surface area contributed by atoms with Crippen LogP contribution in [0.25, 0.3) is 22.5 Å². The number of rotatable bonds is 6. The lowest BCUT2D eigenvalue weighted by molar-refractivity contribution is -0.139. The molecule has 7 nitrogen and oxygen atoms in total. The minimum atomic E-state index is -0.781. The Balaban J connectivity index is 1.60. The molecule has 0 N–H and O–H groups in total. The van der Waals surface area contributed by atoms with Crippen molar-refractivity contribution < 1.29 is 14.3 Å². The second-order valence-electron chi connectivity index (χ2n) is 11.1. The molecule has 44 heavy (non-hydrogen) atoms. The van der Waals surface area contributed by atoms with E-state index in [9.17, 15) is 9.59 Å². The van der Waals surface area contributed by atoms with Gasteiger partial charge in [-0.05, 0) is 99.3 Å². The minimum Gasteiger partial charge on any atom is -0.496 e. The Morgan fingerprint density at radius 3 is 2.50 bits per heavy atom. The highest BCUT2D eigenvalue weighted by Gasteiger charge is 2.36. The maximum absolute atomic E-state index is 14.4. The standard InChI is InChI=1S/C36H35N3O4S/c1-8-43-35(41)31-23(5)37-36-39(33(31)32-28-12-10-9-11-25(28)14-16-29(32)42-7)34(40)30(44-36)19-26-18-22(4)38(24(26)6)27-15-13-20(2)21(3)17-27/h9-19,33H,8H2,1-7H3/b30-19+/t33-/m1/s1. The number of nitrogens with zero attached hydrogens (tertiary/aromatic N) is 3. The molecule has 1 atom stereocenters. The molecule has 0 saturated carbocycles. The molecule has 0 radical (unpaired) electrons. The summed E-state index contributed by atoms with van der Waals surface area (Å²) in [6, 6.07) is 19.5. The molecule has 5 aromatic rings. The number of methoxy groups -OCH3 is 1. The summed E-state index contributed by atoms with van der Waals surface area (Å²) < 4.78 is 15.7. The summed E-state index contributed by atoms with van der Waals surface area (Å²) >= 11 is 1.32. The fourth-order valence-electron chi connectivity index (χ4n) is 6.14. The highest BCUT2D eigenvalue weighted by molar-refractivity contribution is 7.07. The fraction of sp³-hybridized carbons (Fsp3) is 0.250. The number of thiazole rings is 1. The van der Waals surface area contributed by atoms with Crippen molar-refractivity contribution in [1.29, 1.82) is 0 Å². The average Bonchev–Trinajstić information content (AvgIpc) is 3.46. The molecular weight excluding hydrogens is 570 g/mol. The number of aryl methyl sites for hydroxylation is 3. The predicted molar refractivity (Wildman–Crippen MR) is 176 cm³/mol. The molecule has 0 saturated heterocycles. The van der Waals surface area contributed by atoms with Gasteiger partial charge >= 0.3 is 5.97 Å². The zero-order valence-corrected chi connectivity index (χ0v) is 26.8. The topological polar surface area (TPSA) is 74.8 Å². The molecule has 6 rings (SSSR count). The Bertz CT molecular complexity index is 2180. The van der Waals surface area contributed by atoms with Crippen LogP contribution in [0.1, 0.15) is 53.5 Å². The van der Waals surface area contributed by atoms with E-state index in [2.05, 4.69) is 56.5 Å². The van der Waals surface area contributed by atoms with Gasteiger partial charge in [-0.2, -0.15) is 0 Å². The normalized spacial score (nSPS) is 15.0. The summed E-state index contributed by atoms with van der Waals surface area (Å²) in [5.74, 6) is 0.0802. The van der Waals surface area contributed by atoms with Gasteiger partial charge in [0, 0.05) is 22.6 Å². The first-order chi connectivity index (χ1) is 21.1. The minimum absolute atomic E-state index is 0.204. The number of carbonyl (C=O) groups is 1. The second kappa shape index (κ2) is 11.4. The number of benzene rings is 3. The molecule has 0 unspecified atom stereocenters. The Kier molecular flexibility index (Phi) is 7.63. The predicted octanol–water partition coefficient (Wildman–Crippen LogP) is 5.98. The lowest BCUT2D eigenvalue weighted by Gasteiger charge is -2.27. The summed E-state index contributed by atoms with van der Waals surface area (Å²) in [6.45, 7) is 12.1. The van der Waals surface area contributed by atoms with E-state index >= 15 is 0 Å². The SMILES string of the molecule is CCOC(=O)C1=C(C)N=c2s/c(=C/c3cc(C)n(-c4ccc(C)c(C)c4)c3C)c(=O)n2[C@H]1c1c(OC)ccc2ccccc12. The van der Waals surface area contributed by atoms with E-state index in [-0.39, 0.29) is 12.2 Å². The van der Waals surface area contributed by atoms with Crippen LogP contribution < -0.4 is 19.6 Å². The van der Waals surface area contributed by atoms with E-state index < -0.39 is 12.0 Å². The van der Waals surface area contributed by atoms with Crippen LogP contribution in [0.5, 0.6) is 5.75 Å². The van der Waals surface area contributed by atoms with Crippen molar-refractivity contribution in [1.82, 2.24) is 9.13 Å². The summed E-state index contributed by atoms with van der Waals surface area (Å²) in [5, 5.41) is 1.86. The molecule has 8 heteroatoms. The molecule has 1 aliphatic heterocycles. The lowest BCUT2D eigenvalue weighted by Crippen LogP contribution is -2.40. The van der Waals surface area contributed by atoms with Gasteiger partial charge in [-0.3, -0.25) is 9.36 Å². The monoisotopic (exact) mass is 605 g/mol. The third-order valence-corrected chi connectivity index (χ3v) is 9.43. The first kappa shape index (κ1) is 29.4. The third-order valence-electron chi connectivity index (χ3n) is 8.45. The summed E-state index contributed by atoms with van der Waals surface area (Å²) in [6.07, 6.45) is 1.94. The van der Waals surface area contributed by atoms with Crippen LogP contribution in [0.2, 0.25) is 0 Å². The lowest BCUT2D eigenvalue weighted by atomic mass is 9.90. The highest BCUT2D eigenvalue weighted by Crippen LogP contribution is 2.40. The Labute approximate surface area is 260 Å². The van der Waals surface area contributed by atoms with Crippen LogP contribution in [0.15, 0.2) is 81.7 Å². The molecule has 0 amide bonds. The maximum Gasteiger partial charge on any atom is 0.338 e. The van der Waals surface area contributed by atoms with Gasteiger partial charge in [-0.1, -0.05) is 47.7 Å². The number of carbonyl (C=O) groups excluding carboxylic acids is 1. The van der Waals surface area contributed by atoms with Crippen LogP contribution in [-0.2, 0) is 9.53 Å². The molecule has 0 aliphatic carbocycles. The van der Waals surface area contributed by atoms with E-state index in [1.165, 1.54) is 22.5 Å². The van der Waals surface area contributed by atoms with Gasteiger partial charge in [0.25, 0.3) is 5.56 Å². The van der Waals surface area contributed by atoms with E-state index in [0.717, 1.165) is 39.0 Å². The van der Waals surface area contributed by atoms with Crippen LogP contribution in [-0.4, -0.2) is 28.8 Å². The van der Waals surface area contributed by atoms with Gasteiger partial charge < -0.3 is 14.0 Å². The van der Waals surface area contributed by atoms with Crippen molar-refractivity contribution in [3.8, 4) is 11.4 Å². The zero-order valence-electron chi connectivity index (χ0n) is 26.0. The summed E-state index contributed by atoms with van der Waals surface area (Å²) in [4.78, 5) is 33.2. The largest absolute Gasteiger partial charge is 0.496 e. The van der Waals surface area contributed by atoms with Gasteiger partial charge in [0.2, 0.25) is 0 Å². The number of ether oxygens (including phenoxy) is 2. The van der Waals surface area contributed by atoms with Crippen molar-refractivity contribution in [3.05, 3.63) is 125 Å². The number of aromatic nitrogens is 2. The molecule has 0 bridgehead atoms. The summed E-state index contributed by atoms with van der Waals surface area (Å²) in [7, 11) is 1.60. The van der Waals surface area contributed by atoms with Crippen molar-refractivity contribution >= 4 is 34.2 Å². The molecule has 3 aromatic carbocycles. The molecule has 3 heterocycles. The Morgan fingerprint density at radius 1 is 1.00 bits per heavy atom. The first-order valence-electron chi connectivity index (χ1n) is 14.7. The van der Waals surface area contributed by atoms with Gasteiger partial charge in [-0.25, -0.2) is 9.79 Å². The Hall–Kier alpha value is -4.69. The quantitative estimate of drug-likeness (QED) is 0.223. The number of hydrogen-bond acceptors (Lipinski definition) is 6. The van der Waals surface area contributed by atoms with Gasteiger partial charge in [-0.15, -0.1) is 0 Å². The van der Waals surface area contributed by atoms with Gasteiger partial charge in [0.15, 0.2) is 4.80 Å². The fourth-order valence-corrected chi connectivity index (χ4v) is 7.17. The molecular formula is C36H35N3O4S. The van der Waals surface area contributed by atoms with E-state index in [0.29, 0.717) is 26.4 Å². The van der Waals surface area contributed by atoms with Crippen molar-refractivity contribution in [2.45, 2.75) is 47.6 Å². The van der Waals surface area contributed by atoms with Crippen molar-refractivity contribution in [2.24, 2.45) is 4.99 Å². The second-order valence-corrected chi connectivity index (χ2v) is 12.1. The summed E-state index contributed by atoms with van der Waals surface area (Å²) in [5.41, 5.74) is 7.96. The number of hydrogen-bond donors (Lipinski definition) is 0. The van der Waals surface area contributed by atoms with Crippen LogP contribution in [0.4, 0.5) is 0 Å². The molecule has 1 aliphatic rings. The van der Waals surface area contributed by atoms with E-state index in [1.807, 2.05) is 42.5 Å². The van der Waals surface area contributed by atoms with Crippen molar-refractivity contribution in [3.63, 3.8) is 0 Å². The molecule has 2 aromatic heterocycles. The molecule has 0 spiro atoms. The number of esters is 1. The van der Waals surface area contributed by atoms with Gasteiger partial charge in [0.1, 0.15) is 11.8 Å². The highest BCUT2D eigenvalue weighted by atomic mass is 32.1. The number of fused-ring (bicyclic) bond motifs is 2. The number of allylic oxidation sites excluding steroid dienone is 1. The van der Waals surface area contributed by atoms with E-state index in [1.54, 1.807) is 25.5 Å². The zero-order chi connectivity index (χ0) is 31.3. The van der Waals surface area contributed by atoms with Crippen LogP contribution in [0.3, 0.4) is 0 Å². The van der Waals surface area contributed by atoms with Crippen LogP contribution in [0, 0.1) is 27.7 Å². The van der Waals surface area contributed by atoms with Crippen LogP contribution >= 0.6 is 11.3 Å².